The molecule has 0 radical (unpaired) electrons. The number of benzene rings is 4. The Morgan fingerprint density at radius 2 is 1.54 bits per heavy atom. The van der Waals surface area contributed by atoms with E-state index in [0.29, 0.717) is 0 Å². The minimum absolute atomic E-state index is 0.213. The van der Waals surface area contributed by atoms with Gasteiger partial charge in [0.2, 0.25) is 5.91 Å². The molecule has 0 heterocycles. The van der Waals surface area contributed by atoms with Gasteiger partial charge >= 0.3 is 0 Å². The molecule has 2 N–H and O–H groups in total. The van der Waals surface area contributed by atoms with Gasteiger partial charge in [-0.15, -0.1) is 0 Å². The maximum atomic E-state index is 12.1. The molecule has 0 aromatic heterocycles. The molecule has 2 nitrogen and oxygen atoms in total. The van der Waals surface area contributed by atoms with E-state index in [-0.39, 0.29) is 11.8 Å². The third-order valence-corrected chi connectivity index (χ3v) is 5.13. The minimum atomic E-state index is -0.224. The van der Waals surface area contributed by atoms with Crippen LogP contribution in [0, 0.1) is 0 Å². The van der Waals surface area contributed by atoms with Crippen LogP contribution < -0.4 is 5.73 Å². The topological polar surface area (TPSA) is 43.1 Å². The van der Waals surface area contributed by atoms with Gasteiger partial charge in [-0.05, 0) is 44.3 Å². The highest BCUT2D eigenvalue weighted by atomic mass is 16.1. The van der Waals surface area contributed by atoms with Gasteiger partial charge in [0.15, 0.2) is 0 Å². The van der Waals surface area contributed by atoms with E-state index in [1.165, 1.54) is 26.9 Å². The van der Waals surface area contributed by atoms with Gasteiger partial charge in [0, 0.05) is 0 Å². The maximum Gasteiger partial charge on any atom is 0.224 e. The van der Waals surface area contributed by atoms with Crippen LogP contribution in [-0.2, 0) is 4.79 Å². The Kier molecular flexibility index (Phi) is 3.61. The summed E-state index contributed by atoms with van der Waals surface area (Å²) in [4.78, 5) is 12.1. The Balaban J connectivity index is 2.05. The highest BCUT2D eigenvalue weighted by Crippen LogP contribution is 2.38. The summed E-state index contributed by atoms with van der Waals surface area (Å²) in [5.41, 5.74) is 6.81. The Labute approximate surface area is 141 Å². The lowest BCUT2D eigenvalue weighted by Crippen LogP contribution is -2.21. The standard InChI is InChI=1S/C22H21NO/c1-2-3-7-19(22(23)24)17-12-10-16-9-8-14-5-4-6-15-11-13-18(17)21(16)20(14)15/h4-6,8-13,19H,2-3,7H2,1H3,(H2,23,24). The summed E-state index contributed by atoms with van der Waals surface area (Å²) in [6.45, 7) is 2.14. The summed E-state index contributed by atoms with van der Waals surface area (Å²) in [5, 5.41) is 7.41. The largest absolute Gasteiger partial charge is 0.369 e. The number of carbonyl (C=O) groups is 1. The van der Waals surface area contributed by atoms with Gasteiger partial charge in [-0.25, -0.2) is 0 Å². The summed E-state index contributed by atoms with van der Waals surface area (Å²) in [6.07, 6.45) is 2.89. The summed E-state index contributed by atoms with van der Waals surface area (Å²) in [5.74, 6) is -0.437. The Bertz CT molecular complexity index is 1020. The van der Waals surface area contributed by atoms with Crippen molar-refractivity contribution in [3.63, 3.8) is 0 Å². The first-order chi connectivity index (χ1) is 11.7. The van der Waals surface area contributed by atoms with Gasteiger partial charge in [0.1, 0.15) is 0 Å². The van der Waals surface area contributed by atoms with Crippen molar-refractivity contribution in [1.82, 2.24) is 0 Å². The second-order valence-electron chi connectivity index (χ2n) is 6.61. The van der Waals surface area contributed by atoms with Gasteiger partial charge in [-0.1, -0.05) is 74.4 Å². The van der Waals surface area contributed by atoms with E-state index >= 15 is 0 Å². The van der Waals surface area contributed by atoms with Crippen LogP contribution in [0.4, 0.5) is 0 Å². The van der Waals surface area contributed by atoms with Gasteiger partial charge in [-0.2, -0.15) is 0 Å². The molecule has 24 heavy (non-hydrogen) atoms. The molecule has 2 heteroatoms. The molecule has 0 saturated heterocycles. The molecule has 120 valence electrons. The van der Waals surface area contributed by atoms with Crippen molar-refractivity contribution in [2.45, 2.75) is 32.1 Å². The van der Waals surface area contributed by atoms with Crippen molar-refractivity contribution in [2.24, 2.45) is 5.73 Å². The van der Waals surface area contributed by atoms with E-state index in [4.69, 9.17) is 5.73 Å². The van der Waals surface area contributed by atoms with Crippen LogP contribution in [0.2, 0.25) is 0 Å². The fourth-order valence-electron chi connectivity index (χ4n) is 3.92. The molecule has 0 bridgehead atoms. The predicted molar refractivity (Wildman–Crippen MR) is 102 cm³/mol. The van der Waals surface area contributed by atoms with Gasteiger partial charge in [0.05, 0.1) is 5.92 Å². The summed E-state index contributed by atoms with van der Waals surface area (Å²) in [7, 11) is 0. The summed E-state index contributed by atoms with van der Waals surface area (Å²) < 4.78 is 0. The SMILES string of the molecule is CCCCC(C(N)=O)c1ccc2ccc3cccc4ccc1c2c34. The third-order valence-electron chi connectivity index (χ3n) is 5.13. The first kappa shape index (κ1) is 14.9. The van der Waals surface area contributed by atoms with Crippen molar-refractivity contribution < 1.29 is 4.79 Å². The number of amides is 1. The lowest BCUT2D eigenvalue weighted by molar-refractivity contribution is -0.119. The fourth-order valence-corrected chi connectivity index (χ4v) is 3.92. The molecular formula is C22H21NO. The maximum absolute atomic E-state index is 12.1. The number of carbonyl (C=O) groups excluding carboxylic acids is 1. The number of nitrogens with two attached hydrogens (primary N) is 1. The first-order valence-electron chi connectivity index (χ1n) is 8.66. The Hall–Kier alpha value is -2.61. The first-order valence-corrected chi connectivity index (χ1v) is 8.66. The molecule has 1 amide bonds. The highest BCUT2D eigenvalue weighted by Gasteiger charge is 2.21. The second kappa shape index (κ2) is 5.79. The molecule has 0 aliphatic carbocycles. The normalized spacial score (nSPS) is 13.0. The van der Waals surface area contributed by atoms with Crippen LogP contribution in [0.5, 0.6) is 0 Å². The third kappa shape index (κ3) is 2.22. The number of primary amides is 1. The molecule has 1 unspecified atom stereocenters. The lowest BCUT2D eigenvalue weighted by Gasteiger charge is -2.19. The number of unbranched alkanes of at least 4 members (excludes halogenated alkanes) is 1. The predicted octanol–water partition coefficient (Wildman–Crippen LogP) is 5.34. The second-order valence-corrected chi connectivity index (χ2v) is 6.61. The van der Waals surface area contributed by atoms with Crippen LogP contribution in [0.25, 0.3) is 32.3 Å². The highest BCUT2D eigenvalue weighted by molar-refractivity contribution is 6.23. The molecule has 0 spiro atoms. The van der Waals surface area contributed by atoms with E-state index in [1.807, 2.05) is 0 Å². The summed E-state index contributed by atoms with van der Waals surface area (Å²) in [6, 6.07) is 19.3. The van der Waals surface area contributed by atoms with Crippen LogP contribution in [-0.4, -0.2) is 5.91 Å². The van der Waals surface area contributed by atoms with Crippen molar-refractivity contribution in [3.8, 4) is 0 Å². The molecule has 0 saturated carbocycles. The molecule has 0 fully saturated rings. The zero-order valence-corrected chi connectivity index (χ0v) is 13.9. The van der Waals surface area contributed by atoms with Crippen LogP contribution >= 0.6 is 0 Å². The van der Waals surface area contributed by atoms with Gasteiger partial charge in [-0.3, -0.25) is 4.79 Å². The zero-order chi connectivity index (χ0) is 16.7. The monoisotopic (exact) mass is 315 g/mol. The summed E-state index contributed by atoms with van der Waals surface area (Å²) >= 11 is 0. The van der Waals surface area contributed by atoms with E-state index in [1.54, 1.807) is 0 Å². The van der Waals surface area contributed by atoms with Crippen molar-refractivity contribution in [1.29, 1.82) is 0 Å². The number of hydrogen-bond acceptors (Lipinski definition) is 1. The number of rotatable bonds is 5. The van der Waals surface area contributed by atoms with Crippen molar-refractivity contribution >= 4 is 38.2 Å². The van der Waals surface area contributed by atoms with Crippen LogP contribution in [0.1, 0.15) is 37.7 Å². The number of hydrogen-bond donors (Lipinski definition) is 1. The van der Waals surface area contributed by atoms with E-state index in [0.717, 1.165) is 30.2 Å². The minimum Gasteiger partial charge on any atom is -0.369 e. The fraction of sp³-hybridized carbons (Fsp3) is 0.227. The zero-order valence-electron chi connectivity index (χ0n) is 13.9. The average molecular weight is 315 g/mol. The van der Waals surface area contributed by atoms with Crippen molar-refractivity contribution in [2.75, 3.05) is 0 Å². The molecule has 4 rings (SSSR count). The Morgan fingerprint density at radius 1 is 0.917 bits per heavy atom. The van der Waals surface area contributed by atoms with E-state index in [9.17, 15) is 4.79 Å². The Morgan fingerprint density at radius 3 is 2.21 bits per heavy atom. The van der Waals surface area contributed by atoms with Crippen LogP contribution in [0.15, 0.2) is 54.6 Å². The quantitative estimate of drug-likeness (QED) is 0.496. The molecular weight excluding hydrogens is 294 g/mol. The van der Waals surface area contributed by atoms with Gasteiger partial charge in [0.25, 0.3) is 0 Å². The molecule has 0 aliphatic rings. The van der Waals surface area contributed by atoms with E-state index in [2.05, 4.69) is 61.5 Å². The smallest absolute Gasteiger partial charge is 0.224 e. The lowest BCUT2D eigenvalue weighted by atomic mass is 9.85. The van der Waals surface area contributed by atoms with Crippen molar-refractivity contribution in [3.05, 3.63) is 60.2 Å². The molecule has 4 aromatic carbocycles. The van der Waals surface area contributed by atoms with E-state index < -0.39 is 0 Å². The van der Waals surface area contributed by atoms with Gasteiger partial charge < -0.3 is 5.73 Å². The molecule has 4 aromatic rings. The molecule has 0 aliphatic heterocycles. The molecule has 1 atom stereocenters. The average Bonchev–Trinajstić information content (AvgIpc) is 2.60. The van der Waals surface area contributed by atoms with Crippen LogP contribution in [0.3, 0.4) is 0 Å².